The minimum atomic E-state index is -0.614. The zero-order valence-electron chi connectivity index (χ0n) is 12.3. The number of nitrogens with one attached hydrogen (secondary N) is 1. The second-order valence-corrected chi connectivity index (χ2v) is 5.21. The number of hydrogen-bond donors (Lipinski definition) is 2. The Morgan fingerprint density at radius 1 is 1.25 bits per heavy atom. The van der Waals surface area contributed by atoms with Gasteiger partial charge >= 0.3 is 6.03 Å². The van der Waals surface area contributed by atoms with E-state index in [-0.39, 0.29) is 5.91 Å². The highest BCUT2D eigenvalue weighted by Crippen LogP contribution is 2.13. The van der Waals surface area contributed by atoms with Crippen LogP contribution in [-0.4, -0.2) is 29.9 Å². The van der Waals surface area contributed by atoms with E-state index in [9.17, 15) is 9.59 Å². The third-order valence-corrected chi connectivity index (χ3v) is 2.77. The van der Waals surface area contributed by atoms with Gasteiger partial charge in [-0.3, -0.25) is 4.79 Å². The van der Waals surface area contributed by atoms with Gasteiger partial charge in [-0.05, 0) is 36.6 Å². The molecule has 20 heavy (non-hydrogen) atoms. The number of benzene rings is 1. The van der Waals surface area contributed by atoms with E-state index < -0.39 is 6.03 Å². The summed E-state index contributed by atoms with van der Waals surface area (Å²) in [6.07, 6.45) is 0.930. The molecule has 3 amide bonds. The number of carbonyl (C=O) groups is 2. The molecule has 0 aromatic heterocycles. The molecule has 0 atom stereocenters. The van der Waals surface area contributed by atoms with Gasteiger partial charge in [0.25, 0.3) is 5.91 Å². The maximum Gasteiger partial charge on any atom is 0.316 e. The van der Waals surface area contributed by atoms with E-state index in [1.54, 1.807) is 24.3 Å². The van der Waals surface area contributed by atoms with E-state index in [0.29, 0.717) is 17.2 Å². The molecule has 0 fully saturated rings. The minimum Gasteiger partial charge on any atom is -0.351 e. The van der Waals surface area contributed by atoms with Crippen molar-refractivity contribution in [3.63, 3.8) is 0 Å². The minimum absolute atomic E-state index is 0.0196. The smallest absolute Gasteiger partial charge is 0.316 e. The molecule has 0 heterocycles. The fourth-order valence-corrected chi connectivity index (χ4v) is 2.01. The van der Waals surface area contributed by atoms with Crippen molar-refractivity contribution < 1.29 is 9.59 Å². The number of rotatable bonds is 6. The molecule has 0 saturated carbocycles. The quantitative estimate of drug-likeness (QED) is 0.838. The van der Waals surface area contributed by atoms with Crippen LogP contribution >= 0.6 is 0 Å². The first kappa shape index (κ1) is 16.0. The molecule has 0 saturated heterocycles. The molecular weight excluding hydrogens is 254 g/mol. The van der Waals surface area contributed by atoms with Gasteiger partial charge in [0.1, 0.15) is 0 Å². The number of amides is 3. The zero-order chi connectivity index (χ0) is 15.1. The van der Waals surface area contributed by atoms with E-state index in [0.717, 1.165) is 19.5 Å². The van der Waals surface area contributed by atoms with Crippen LogP contribution in [0.5, 0.6) is 0 Å². The van der Waals surface area contributed by atoms with Crippen LogP contribution in [0.25, 0.3) is 0 Å². The van der Waals surface area contributed by atoms with Gasteiger partial charge in [-0.15, -0.1) is 0 Å². The van der Waals surface area contributed by atoms with Crippen molar-refractivity contribution in [3.05, 3.63) is 29.8 Å². The highest BCUT2D eigenvalue weighted by Gasteiger charge is 2.16. The average Bonchev–Trinajstić information content (AvgIpc) is 2.37. The fraction of sp³-hybridized carbons (Fsp3) is 0.467. The molecule has 0 unspecified atom stereocenters. The predicted molar refractivity (Wildman–Crippen MR) is 80.7 cm³/mol. The van der Waals surface area contributed by atoms with E-state index in [1.807, 2.05) is 4.90 Å². The van der Waals surface area contributed by atoms with E-state index in [4.69, 9.17) is 5.73 Å². The van der Waals surface area contributed by atoms with Crippen molar-refractivity contribution in [2.45, 2.75) is 27.2 Å². The van der Waals surface area contributed by atoms with E-state index >= 15 is 0 Å². The summed E-state index contributed by atoms with van der Waals surface area (Å²) in [4.78, 5) is 25.0. The first-order chi connectivity index (χ1) is 9.43. The van der Waals surface area contributed by atoms with Gasteiger partial charge in [-0.1, -0.05) is 20.8 Å². The maximum absolute atomic E-state index is 12.4. The summed E-state index contributed by atoms with van der Waals surface area (Å²) in [6.45, 7) is 7.73. The van der Waals surface area contributed by atoms with Crippen LogP contribution in [0.4, 0.5) is 10.5 Å². The largest absolute Gasteiger partial charge is 0.351 e. The SMILES string of the molecule is CCCN(CC(C)C)C(=O)c1ccc(NC(N)=O)cc1. The first-order valence-corrected chi connectivity index (χ1v) is 6.89. The average molecular weight is 277 g/mol. The molecule has 0 aliphatic rings. The summed E-state index contributed by atoms with van der Waals surface area (Å²) in [5, 5.41) is 2.47. The summed E-state index contributed by atoms with van der Waals surface area (Å²) in [6, 6.07) is 6.15. The van der Waals surface area contributed by atoms with Crippen molar-refractivity contribution in [1.29, 1.82) is 0 Å². The normalized spacial score (nSPS) is 10.4. The highest BCUT2D eigenvalue weighted by molar-refractivity contribution is 5.95. The van der Waals surface area contributed by atoms with Crippen LogP contribution in [0.2, 0.25) is 0 Å². The molecule has 0 aliphatic heterocycles. The lowest BCUT2D eigenvalue weighted by molar-refractivity contribution is 0.0736. The Morgan fingerprint density at radius 2 is 1.85 bits per heavy atom. The summed E-state index contributed by atoms with van der Waals surface area (Å²) in [5.74, 6) is 0.451. The lowest BCUT2D eigenvalue weighted by Crippen LogP contribution is -2.34. The number of hydrogen-bond acceptors (Lipinski definition) is 2. The monoisotopic (exact) mass is 277 g/mol. The Morgan fingerprint density at radius 3 is 2.30 bits per heavy atom. The lowest BCUT2D eigenvalue weighted by Gasteiger charge is -2.24. The van der Waals surface area contributed by atoms with Crippen molar-refractivity contribution in [2.24, 2.45) is 11.7 Å². The molecule has 0 radical (unpaired) electrons. The number of anilines is 1. The topological polar surface area (TPSA) is 75.4 Å². The first-order valence-electron chi connectivity index (χ1n) is 6.89. The second kappa shape index (κ2) is 7.53. The van der Waals surface area contributed by atoms with Crippen molar-refractivity contribution in [3.8, 4) is 0 Å². The lowest BCUT2D eigenvalue weighted by atomic mass is 10.1. The standard InChI is InChI=1S/C15H23N3O2/c1-4-9-18(10-11(2)3)14(19)12-5-7-13(8-6-12)17-15(16)20/h5-8,11H,4,9-10H2,1-3H3,(H3,16,17,20). The van der Waals surface area contributed by atoms with Crippen LogP contribution in [0.15, 0.2) is 24.3 Å². The highest BCUT2D eigenvalue weighted by atomic mass is 16.2. The molecule has 1 aromatic carbocycles. The predicted octanol–water partition coefficient (Wildman–Crippen LogP) is 2.69. The summed E-state index contributed by atoms with van der Waals surface area (Å²) < 4.78 is 0. The Balaban J connectivity index is 2.80. The number of nitrogens with zero attached hydrogens (tertiary/aromatic N) is 1. The zero-order valence-corrected chi connectivity index (χ0v) is 12.3. The van der Waals surface area contributed by atoms with E-state index in [2.05, 4.69) is 26.1 Å². The fourth-order valence-electron chi connectivity index (χ4n) is 2.01. The van der Waals surface area contributed by atoms with Crippen LogP contribution in [0.1, 0.15) is 37.6 Å². The number of primary amides is 1. The molecule has 1 aromatic rings. The van der Waals surface area contributed by atoms with Crippen molar-refractivity contribution in [1.82, 2.24) is 4.90 Å². The van der Waals surface area contributed by atoms with Crippen molar-refractivity contribution in [2.75, 3.05) is 18.4 Å². The van der Waals surface area contributed by atoms with Gasteiger partial charge < -0.3 is 16.0 Å². The van der Waals surface area contributed by atoms with Crippen LogP contribution in [0.3, 0.4) is 0 Å². The third kappa shape index (κ3) is 4.91. The molecule has 5 heteroatoms. The van der Waals surface area contributed by atoms with Gasteiger partial charge in [0, 0.05) is 24.3 Å². The summed E-state index contributed by atoms with van der Waals surface area (Å²) in [7, 11) is 0. The molecule has 0 aliphatic carbocycles. The molecule has 0 bridgehead atoms. The maximum atomic E-state index is 12.4. The van der Waals surface area contributed by atoms with Crippen molar-refractivity contribution >= 4 is 17.6 Å². The Bertz CT molecular complexity index is 455. The van der Waals surface area contributed by atoms with Gasteiger partial charge in [-0.25, -0.2) is 4.79 Å². The molecule has 1 rings (SSSR count). The molecule has 110 valence electrons. The molecule has 0 spiro atoms. The molecule has 5 nitrogen and oxygen atoms in total. The van der Waals surface area contributed by atoms with Gasteiger partial charge in [0.15, 0.2) is 0 Å². The van der Waals surface area contributed by atoms with Crippen LogP contribution < -0.4 is 11.1 Å². The number of nitrogens with two attached hydrogens (primary N) is 1. The Kier molecular flexibility index (Phi) is 6.03. The molecule has 3 N–H and O–H groups in total. The number of urea groups is 1. The van der Waals surface area contributed by atoms with Crippen LogP contribution in [-0.2, 0) is 0 Å². The summed E-state index contributed by atoms with van der Waals surface area (Å²) in [5.41, 5.74) is 6.24. The van der Waals surface area contributed by atoms with Gasteiger partial charge in [0.2, 0.25) is 0 Å². The number of carbonyl (C=O) groups excluding carboxylic acids is 2. The second-order valence-electron chi connectivity index (χ2n) is 5.21. The molecular formula is C15H23N3O2. The Labute approximate surface area is 120 Å². The third-order valence-electron chi connectivity index (χ3n) is 2.77. The van der Waals surface area contributed by atoms with Gasteiger partial charge in [-0.2, -0.15) is 0 Å². The summed E-state index contributed by atoms with van der Waals surface area (Å²) >= 11 is 0. The van der Waals surface area contributed by atoms with Gasteiger partial charge in [0.05, 0.1) is 0 Å². The Hall–Kier alpha value is -2.04. The van der Waals surface area contributed by atoms with E-state index in [1.165, 1.54) is 0 Å². The van der Waals surface area contributed by atoms with Crippen LogP contribution in [0, 0.1) is 5.92 Å².